The minimum Gasteiger partial charge on any atom is -0.390 e. The number of alkyl halides is 3. The number of ether oxygens (including phenoxy) is 1. The number of aromatic nitrogens is 3. The number of halogens is 3. The fourth-order valence-electron chi connectivity index (χ4n) is 5.63. The molecule has 2 saturated heterocycles. The Kier molecular flexibility index (Phi) is 7.76. The highest BCUT2D eigenvalue weighted by Crippen LogP contribution is 2.41. The van der Waals surface area contributed by atoms with Gasteiger partial charge in [-0.1, -0.05) is 12.1 Å². The number of rotatable bonds is 6. The second-order valence-electron chi connectivity index (χ2n) is 11.4. The lowest BCUT2D eigenvalue weighted by Crippen LogP contribution is -2.37. The van der Waals surface area contributed by atoms with Crippen LogP contribution in [0.2, 0.25) is 0 Å². The first-order valence-electron chi connectivity index (χ1n) is 13.6. The Bertz CT molecular complexity index is 1310. The Labute approximate surface area is 226 Å². The summed E-state index contributed by atoms with van der Waals surface area (Å²) in [5, 5.41) is 22.0. The number of benzene rings is 1. The number of piperidine rings is 1. The molecule has 212 valence electrons. The molecule has 2 fully saturated rings. The van der Waals surface area contributed by atoms with Crippen LogP contribution in [0.4, 0.5) is 24.7 Å². The van der Waals surface area contributed by atoms with Gasteiger partial charge in [-0.15, -0.1) is 5.10 Å². The molecule has 0 aliphatic carbocycles. The van der Waals surface area contributed by atoms with E-state index in [0.717, 1.165) is 11.5 Å². The van der Waals surface area contributed by atoms with Crippen molar-refractivity contribution >= 4 is 17.2 Å². The van der Waals surface area contributed by atoms with Crippen LogP contribution in [0.3, 0.4) is 0 Å². The molecular weight excluding hydrogens is 509 g/mol. The third kappa shape index (κ3) is 6.00. The van der Waals surface area contributed by atoms with Crippen LogP contribution in [0, 0.1) is 0 Å². The number of hydrogen-bond donors (Lipinski definition) is 3. The fourth-order valence-corrected chi connectivity index (χ4v) is 5.63. The van der Waals surface area contributed by atoms with Crippen molar-refractivity contribution in [2.75, 3.05) is 49.6 Å². The number of imidazole rings is 1. The summed E-state index contributed by atoms with van der Waals surface area (Å²) in [6.07, 6.45) is -3.01. The average molecular weight is 547 g/mol. The summed E-state index contributed by atoms with van der Waals surface area (Å²) in [5.74, 6) is 0.522. The van der Waals surface area contributed by atoms with Gasteiger partial charge in [0.15, 0.2) is 11.5 Å². The fraction of sp³-hybridized carbons (Fsp3) is 0.571. The second-order valence-corrected chi connectivity index (χ2v) is 11.4. The van der Waals surface area contributed by atoms with Gasteiger partial charge in [0, 0.05) is 31.1 Å². The van der Waals surface area contributed by atoms with Gasteiger partial charge in [0.25, 0.3) is 0 Å². The first-order valence-corrected chi connectivity index (χ1v) is 13.6. The van der Waals surface area contributed by atoms with Crippen molar-refractivity contribution in [1.29, 1.82) is 0 Å². The Balaban J connectivity index is 1.67. The normalized spacial score (nSPS) is 17.7. The molecule has 0 unspecified atom stereocenters. The van der Waals surface area contributed by atoms with Crippen molar-refractivity contribution in [3.05, 3.63) is 52.3 Å². The van der Waals surface area contributed by atoms with Crippen LogP contribution in [0.1, 0.15) is 67.6 Å². The number of fused-ring (bicyclic) bond motifs is 1. The number of aliphatic hydroxyl groups excluding tert-OH is 1. The lowest BCUT2D eigenvalue weighted by atomic mass is 9.82. The van der Waals surface area contributed by atoms with Crippen LogP contribution < -0.4 is 15.5 Å². The van der Waals surface area contributed by atoms with Crippen molar-refractivity contribution in [1.82, 2.24) is 19.9 Å². The lowest BCUT2D eigenvalue weighted by Gasteiger charge is -2.29. The van der Waals surface area contributed by atoms with E-state index in [9.17, 15) is 18.3 Å². The topological polar surface area (TPSA) is 87.0 Å². The summed E-state index contributed by atoms with van der Waals surface area (Å²) in [7, 11) is 0. The number of anilines is 2. The van der Waals surface area contributed by atoms with E-state index in [1.165, 1.54) is 12.1 Å². The zero-order chi connectivity index (χ0) is 27.8. The Morgan fingerprint density at radius 1 is 1.13 bits per heavy atom. The number of nitrogens with zero attached hydrogens (tertiary/aromatic N) is 4. The minimum absolute atomic E-state index is 0.175. The molecule has 0 spiro atoms. The Hall–Kier alpha value is -2.89. The Morgan fingerprint density at radius 2 is 1.85 bits per heavy atom. The van der Waals surface area contributed by atoms with E-state index < -0.39 is 11.7 Å². The van der Waals surface area contributed by atoms with E-state index >= 15 is 0 Å². The van der Waals surface area contributed by atoms with Crippen LogP contribution in [-0.4, -0.2) is 64.6 Å². The van der Waals surface area contributed by atoms with E-state index in [4.69, 9.17) is 14.8 Å². The lowest BCUT2D eigenvalue weighted by molar-refractivity contribution is -0.138. The summed E-state index contributed by atoms with van der Waals surface area (Å²) in [6.45, 7) is 9.68. The molecule has 3 aromatic rings. The van der Waals surface area contributed by atoms with Gasteiger partial charge in [0.05, 0.1) is 42.5 Å². The molecule has 0 radical (unpaired) electrons. The van der Waals surface area contributed by atoms with Crippen LogP contribution in [-0.2, 0) is 23.9 Å². The van der Waals surface area contributed by atoms with Gasteiger partial charge in [-0.2, -0.15) is 13.2 Å². The van der Waals surface area contributed by atoms with Crippen LogP contribution in [0.15, 0.2) is 24.3 Å². The van der Waals surface area contributed by atoms with Crippen molar-refractivity contribution in [3.63, 3.8) is 0 Å². The molecule has 2 aliphatic rings. The molecule has 0 bridgehead atoms. The molecule has 0 amide bonds. The molecule has 0 atom stereocenters. The van der Waals surface area contributed by atoms with Crippen LogP contribution >= 0.6 is 0 Å². The predicted octanol–water partition coefficient (Wildman–Crippen LogP) is 4.35. The molecule has 1 aromatic carbocycles. The highest BCUT2D eigenvalue weighted by atomic mass is 19.4. The minimum atomic E-state index is -4.46. The highest BCUT2D eigenvalue weighted by Gasteiger charge is 2.37. The van der Waals surface area contributed by atoms with Gasteiger partial charge in [-0.05, 0) is 69.8 Å². The quantitative estimate of drug-likeness (QED) is 0.424. The van der Waals surface area contributed by atoms with Gasteiger partial charge in [-0.25, -0.2) is 9.50 Å². The number of nitrogens with one attached hydrogen (secondary N) is 2. The van der Waals surface area contributed by atoms with Gasteiger partial charge >= 0.3 is 6.18 Å². The zero-order valence-corrected chi connectivity index (χ0v) is 22.7. The summed E-state index contributed by atoms with van der Waals surface area (Å²) >= 11 is 0. The van der Waals surface area contributed by atoms with Crippen molar-refractivity contribution < 1.29 is 23.0 Å². The number of hydrogen-bond acceptors (Lipinski definition) is 7. The first-order chi connectivity index (χ1) is 18.5. The zero-order valence-electron chi connectivity index (χ0n) is 22.7. The monoisotopic (exact) mass is 546 g/mol. The largest absolute Gasteiger partial charge is 0.416 e. The van der Waals surface area contributed by atoms with Gasteiger partial charge in [0.1, 0.15) is 0 Å². The molecule has 2 aromatic heterocycles. The predicted molar refractivity (Wildman–Crippen MR) is 144 cm³/mol. The summed E-state index contributed by atoms with van der Waals surface area (Å²) in [6, 6.07) is 6.38. The Morgan fingerprint density at radius 3 is 2.49 bits per heavy atom. The third-order valence-corrected chi connectivity index (χ3v) is 7.35. The maximum atomic E-state index is 14.2. The number of aliphatic hydroxyl groups is 1. The van der Waals surface area contributed by atoms with Crippen LogP contribution in [0.25, 0.3) is 5.65 Å². The van der Waals surface area contributed by atoms with E-state index in [1.807, 2.05) is 26.8 Å². The van der Waals surface area contributed by atoms with Gasteiger partial charge in [-0.3, -0.25) is 0 Å². The average Bonchev–Trinajstić information content (AvgIpc) is 3.26. The molecular formula is C28H37F3N6O2. The van der Waals surface area contributed by atoms with E-state index in [2.05, 4.69) is 15.5 Å². The number of morpholine rings is 1. The van der Waals surface area contributed by atoms with Crippen molar-refractivity contribution in [2.45, 2.75) is 64.3 Å². The maximum Gasteiger partial charge on any atom is 0.416 e. The molecule has 11 heteroatoms. The second kappa shape index (κ2) is 10.9. The van der Waals surface area contributed by atoms with Gasteiger partial charge < -0.3 is 25.4 Å². The summed E-state index contributed by atoms with van der Waals surface area (Å²) in [4.78, 5) is 6.85. The third-order valence-electron chi connectivity index (χ3n) is 7.35. The summed E-state index contributed by atoms with van der Waals surface area (Å²) < 4.78 is 49.9. The molecule has 4 heterocycles. The first kappa shape index (κ1) is 27.7. The molecule has 3 N–H and O–H groups in total. The smallest absolute Gasteiger partial charge is 0.390 e. The molecule has 0 saturated carbocycles. The van der Waals surface area contributed by atoms with Crippen molar-refractivity contribution in [3.8, 4) is 0 Å². The molecule has 2 aliphatic heterocycles. The summed E-state index contributed by atoms with van der Waals surface area (Å²) in [5.41, 5.74) is 2.38. The SMILES string of the molecule is CC(C)(C)Nc1cc(N2CCOCC2)nn2c(Cc3cccc(C(F)(F)F)c3C3CCNCC3)c(CO)nc12. The van der Waals surface area contributed by atoms with Gasteiger partial charge in [0.2, 0.25) is 0 Å². The standard InChI is InChI=1S/C28H37F3N6O2/c1-27(2,3)34-21-16-24(36-11-13-39-14-12-36)35-37-23(22(17-38)33-26(21)37)15-19-5-4-6-20(28(29,30)31)25(19)18-7-9-32-10-8-18/h4-6,16,18,32,34,38H,7-15,17H2,1-3H3. The van der Waals surface area contributed by atoms with E-state index in [-0.39, 0.29) is 24.5 Å². The van der Waals surface area contributed by atoms with E-state index in [0.29, 0.717) is 80.4 Å². The van der Waals surface area contributed by atoms with Crippen LogP contribution in [0.5, 0.6) is 0 Å². The maximum absolute atomic E-state index is 14.2. The molecule has 8 nitrogen and oxygen atoms in total. The van der Waals surface area contributed by atoms with E-state index in [1.54, 1.807) is 10.6 Å². The molecule has 5 rings (SSSR count). The highest BCUT2D eigenvalue weighted by molar-refractivity contribution is 5.72. The molecule has 39 heavy (non-hydrogen) atoms. The van der Waals surface area contributed by atoms with Crippen molar-refractivity contribution in [2.24, 2.45) is 0 Å².